The first kappa shape index (κ1) is 25.2. The Kier molecular flexibility index (Phi) is 8.75. The molecule has 0 aliphatic rings. The van der Waals surface area contributed by atoms with Gasteiger partial charge in [0.05, 0.1) is 19.8 Å². The van der Waals surface area contributed by atoms with E-state index in [2.05, 4.69) is 5.32 Å². The van der Waals surface area contributed by atoms with Gasteiger partial charge in [-0.05, 0) is 47.0 Å². The van der Waals surface area contributed by atoms with Crippen LogP contribution in [0.4, 0.5) is 4.39 Å². The third-order valence-electron chi connectivity index (χ3n) is 5.06. The van der Waals surface area contributed by atoms with E-state index in [0.29, 0.717) is 17.1 Å². The zero-order chi connectivity index (χ0) is 25.2. The van der Waals surface area contributed by atoms with Crippen LogP contribution in [0.3, 0.4) is 0 Å². The van der Waals surface area contributed by atoms with E-state index in [1.54, 1.807) is 66.7 Å². The molecule has 0 bridgehead atoms. The molecular weight excluding hydrogens is 451 g/mol. The summed E-state index contributed by atoms with van der Waals surface area (Å²) in [6.45, 7) is 0.202. The van der Waals surface area contributed by atoms with E-state index in [1.807, 2.05) is 0 Å². The molecule has 3 aromatic rings. The highest BCUT2D eigenvalue weighted by atomic mass is 19.1. The second kappa shape index (κ2) is 12.2. The monoisotopic (exact) mass is 476 g/mol. The fourth-order valence-electron chi connectivity index (χ4n) is 3.26. The number of carbonyl (C=O) groups excluding carboxylic acids is 2. The molecule has 0 heterocycles. The second-order valence-electron chi connectivity index (χ2n) is 7.42. The van der Waals surface area contributed by atoms with Crippen molar-refractivity contribution in [2.45, 2.75) is 6.54 Å². The average molecular weight is 477 g/mol. The van der Waals surface area contributed by atoms with Crippen molar-refractivity contribution in [2.75, 3.05) is 14.2 Å². The molecule has 3 aromatic carbocycles. The number of halogens is 1. The summed E-state index contributed by atoms with van der Waals surface area (Å²) in [5.41, 5.74) is 3.98. The predicted octanol–water partition coefficient (Wildman–Crippen LogP) is 4.22. The van der Waals surface area contributed by atoms with Gasteiger partial charge in [0.15, 0.2) is 0 Å². The maximum atomic E-state index is 14.6. The van der Waals surface area contributed by atoms with Crippen LogP contribution in [0.2, 0.25) is 0 Å². The molecule has 2 amide bonds. The molecule has 180 valence electrons. The molecule has 0 spiro atoms. The van der Waals surface area contributed by atoms with Crippen LogP contribution >= 0.6 is 0 Å². The van der Waals surface area contributed by atoms with Gasteiger partial charge >= 0.3 is 0 Å². The lowest BCUT2D eigenvalue weighted by molar-refractivity contribution is -0.124. The number of ether oxygens (including phenoxy) is 2. The number of methoxy groups -OCH3 is 2. The van der Waals surface area contributed by atoms with Crippen LogP contribution < -0.4 is 20.3 Å². The van der Waals surface area contributed by atoms with Crippen molar-refractivity contribution >= 4 is 29.5 Å². The zero-order valence-electron chi connectivity index (χ0n) is 19.2. The van der Waals surface area contributed by atoms with Crippen molar-refractivity contribution in [3.63, 3.8) is 0 Å². The Morgan fingerprint density at radius 1 is 0.943 bits per heavy atom. The molecule has 0 saturated heterocycles. The molecule has 3 rings (SSSR count). The molecule has 0 saturated carbocycles. The van der Waals surface area contributed by atoms with E-state index < -0.39 is 17.6 Å². The van der Waals surface area contributed by atoms with Crippen molar-refractivity contribution in [1.29, 1.82) is 0 Å². The molecular formula is C27H25FN2O5. The molecule has 0 atom stereocenters. The zero-order valence-corrected chi connectivity index (χ0v) is 19.2. The van der Waals surface area contributed by atoms with Crippen molar-refractivity contribution in [3.8, 4) is 11.5 Å². The molecule has 35 heavy (non-hydrogen) atoms. The van der Waals surface area contributed by atoms with E-state index in [-0.39, 0.29) is 17.7 Å². The Balaban J connectivity index is 1.85. The Labute approximate surface area is 202 Å². The molecule has 0 radical (unpaired) electrons. The highest BCUT2D eigenvalue weighted by Gasteiger charge is 2.16. The van der Waals surface area contributed by atoms with Crippen LogP contribution in [0.5, 0.6) is 11.5 Å². The Hall–Kier alpha value is -4.43. The largest absolute Gasteiger partial charge is 0.497 e. The molecule has 7 nitrogen and oxygen atoms in total. The Bertz CT molecular complexity index is 1230. The van der Waals surface area contributed by atoms with Crippen LogP contribution in [0.1, 0.15) is 22.3 Å². The van der Waals surface area contributed by atoms with E-state index in [4.69, 9.17) is 14.7 Å². The summed E-state index contributed by atoms with van der Waals surface area (Å²) in [7, 11) is 3.05. The number of rotatable bonds is 9. The third kappa shape index (κ3) is 7.02. The molecule has 0 aliphatic heterocycles. The van der Waals surface area contributed by atoms with Gasteiger partial charge in [-0.1, -0.05) is 42.5 Å². The minimum atomic E-state index is -0.637. The number of benzene rings is 3. The lowest BCUT2D eigenvalue weighted by Crippen LogP contribution is -2.24. The normalized spacial score (nSPS) is 11.3. The van der Waals surface area contributed by atoms with Crippen LogP contribution in [0, 0.1) is 5.82 Å². The van der Waals surface area contributed by atoms with Crippen molar-refractivity contribution in [2.24, 2.45) is 0 Å². The molecule has 3 N–H and O–H groups in total. The fourth-order valence-corrected chi connectivity index (χ4v) is 3.26. The average Bonchev–Trinajstić information content (AvgIpc) is 2.89. The number of nitrogens with one attached hydrogen (secondary N) is 2. The quantitative estimate of drug-likeness (QED) is 0.186. The number of hydroxylamine groups is 1. The number of hydrogen-bond donors (Lipinski definition) is 3. The molecule has 0 aromatic heterocycles. The topological polar surface area (TPSA) is 96.9 Å². The first-order valence-electron chi connectivity index (χ1n) is 10.6. The van der Waals surface area contributed by atoms with Crippen molar-refractivity contribution in [3.05, 3.63) is 101 Å². The van der Waals surface area contributed by atoms with Gasteiger partial charge in [0, 0.05) is 24.3 Å². The van der Waals surface area contributed by atoms with Crippen LogP contribution in [0.25, 0.3) is 17.7 Å². The summed E-state index contributed by atoms with van der Waals surface area (Å²) in [4.78, 5) is 24.3. The minimum absolute atomic E-state index is 0.146. The number of carbonyl (C=O) groups is 2. The van der Waals surface area contributed by atoms with Gasteiger partial charge in [-0.15, -0.1) is 0 Å². The second-order valence-corrected chi connectivity index (χ2v) is 7.42. The maximum Gasteiger partial charge on any atom is 0.267 e. The summed E-state index contributed by atoms with van der Waals surface area (Å²) in [6.07, 6.45) is 4.31. The minimum Gasteiger partial charge on any atom is -0.497 e. The lowest BCUT2D eigenvalue weighted by atomic mass is 10.0. The van der Waals surface area contributed by atoms with Crippen LogP contribution in [0.15, 0.2) is 72.8 Å². The van der Waals surface area contributed by atoms with Crippen LogP contribution in [-0.2, 0) is 16.1 Å². The van der Waals surface area contributed by atoms with Gasteiger partial charge in [-0.3, -0.25) is 14.8 Å². The summed E-state index contributed by atoms with van der Waals surface area (Å²) in [5.74, 6) is -0.543. The molecule has 8 heteroatoms. The maximum absolute atomic E-state index is 14.6. The van der Waals surface area contributed by atoms with Crippen molar-refractivity contribution < 1.29 is 28.7 Å². The van der Waals surface area contributed by atoms with Crippen LogP contribution in [-0.4, -0.2) is 31.2 Å². The summed E-state index contributed by atoms with van der Waals surface area (Å²) in [5, 5.41) is 11.4. The lowest BCUT2D eigenvalue weighted by Gasteiger charge is -2.12. The standard InChI is InChI=1S/C27H25FN2O5/c1-34-21-13-20(14-22(16-21)35-2)15-24(23-5-3-4-6-25(23)28)27(32)29-17-19-9-7-18(8-10-19)11-12-26(31)30-33/h3-16,33H,17H2,1-2H3,(H,29,32)(H,30,31)/b12-11+,24-15?. The molecule has 0 fully saturated rings. The highest BCUT2D eigenvalue weighted by molar-refractivity contribution is 6.24. The summed E-state index contributed by atoms with van der Waals surface area (Å²) in [6, 6.07) is 18.3. The first-order chi connectivity index (χ1) is 16.9. The smallest absolute Gasteiger partial charge is 0.267 e. The van der Waals surface area contributed by atoms with Gasteiger partial charge in [-0.2, -0.15) is 0 Å². The Morgan fingerprint density at radius 3 is 2.20 bits per heavy atom. The van der Waals surface area contributed by atoms with Gasteiger partial charge < -0.3 is 14.8 Å². The first-order valence-corrected chi connectivity index (χ1v) is 10.6. The fraction of sp³-hybridized carbons (Fsp3) is 0.111. The van der Waals surface area contributed by atoms with E-state index in [1.165, 1.54) is 37.9 Å². The molecule has 0 aliphatic carbocycles. The number of amides is 2. The summed E-state index contributed by atoms with van der Waals surface area (Å²) >= 11 is 0. The Morgan fingerprint density at radius 2 is 1.60 bits per heavy atom. The van der Waals surface area contributed by atoms with E-state index in [0.717, 1.165) is 11.1 Å². The highest BCUT2D eigenvalue weighted by Crippen LogP contribution is 2.27. The molecule has 0 unspecified atom stereocenters. The van der Waals surface area contributed by atoms with Gasteiger partial charge in [0.25, 0.3) is 11.8 Å². The van der Waals surface area contributed by atoms with E-state index >= 15 is 0 Å². The van der Waals surface area contributed by atoms with Gasteiger partial charge in [-0.25, -0.2) is 9.87 Å². The van der Waals surface area contributed by atoms with E-state index in [9.17, 15) is 14.0 Å². The third-order valence-corrected chi connectivity index (χ3v) is 5.06. The van der Waals surface area contributed by atoms with Gasteiger partial charge in [0.1, 0.15) is 17.3 Å². The number of hydrogen-bond acceptors (Lipinski definition) is 5. The SMILES string of the molecule is COc1cc(C=C(C(=O)NCc2ccc(/C=C/C(=O)NO)cc2)c2ccccc2F)cc(OC)c1. The van der Waals surface area contributed by atoms with Gasteiger partial charge in [0.2, 0.25) is 0 Å². The van der Waals surface area contributed by atoms with Crippen molar-refractivity contribution in [1.82, 2.24) is 10.8 Å². The summed E-state index contributed by atoms with van der Waals surface area (Å²) < 4.78 is 25.2. The predicted molar refractivity (Wildman–Crippen MR) is 131 cm³/mol.